The van der Waals surface area contributed by atoms with E-state index < -0.39 is 18.0 Å². The summed E-state index contributed by atoms with van der Waals surface area (Å²) in [7, 11) is 0. The molecule has 150 valence electrons. The van der Waals surface area contributed by atoms with E-state index in [0.717, 1.165) is 0 Å². The van der Waals surface area contributed by atoms with Crippen molar-refractivity contribution in [2.24, 2.45) is 17.3 Å². The van der Waals surface area contributed by atoms with E-state index in [1.807, 2.05) is 19.9 Å². The third-order valence-electron chi connectivity index (χ3n) is 5.03. The number of ether oxygens (including phenoxy) is 2. The number of nitriles is 1. The SMILES string of the molecule is CC1(C)[C@H](C(=O)O[C@H](C#N)c2cccc(Oc3ccc(F)cc3)c2)[C@@H]1C=C(Cl)Cl. The number of carbonyl (C=O) groups excluding carboxylic acids is 1. The zero-order valence-corrected chi connectivity index (χ0v) is 17.2. The van der Waals surface area contributed by atoms with Crippen LogP contribution >= 0.6 is 23.2 Å². The molecule has 3 rings (SSSR count). The van der Waals surface area contributed by atoms with Crippen molar-refractivity contribution in [3.8, 4) is 17.6 Å². The number of halogens is 3. The first kappa shape index (κ1) is 21.2. The van der Waals surface area contributed by atoms with Gasteiger partial charge in [-0.1, -0.05) is 49.2 Å². The van der Waals surface area contributed by atoms with Crippen molar-refractivity contribution in [3.63, 3.8) is 0 Å². The van der Waals surface area contributed by atoms with Crippen LogP contribution in [-0.2, 0) is 9.53 Å². The second-order valence-electron chi connectivity index (χ2n) is 7.36. The summed E-state index contributed by atoms with van der Waals surface area (Å²) in [6, 6.07) is 14.2. The molecule has 1 saturated carbocycles. The summed E-state index contributed by atoms with van der Waals surface area (Å²) in [6.45, 7) is 3.82. The van der Waals surface area contributed by atoms with E-state index in [9.17, 15) is 14.4 Å². The molecule has 0 aliphatic heterocycles. The summed E-state index contributed by atoms with van der Waals surface area (Å²) in [5, 5.41) is 9.52. The van der Waals surface area contributed by atoms with Gasteiger partial charge < -0.3 is 9.47 Å². The molecule has 29 heavy (non-hydrogen) atoms. The lowest BCUT2D eigenvalue weighted by Crippen LogP contribution is -2.14. The molecule has 0 unspecified atom stereocenters. The Hall–Kier alpha value is -2.55. The van der Waals surface area contributed by atoms with Gasteiger partial charge in [-0.15, -0.1) is 0 Å². The molecule has 0 spiro atoms. The molecule has 0 amide bonds. The topological polar surface area (TPSA) is 59.3 Å². The van der Waals surface area contributed by atoms with E-state index in [2.05, 4.69) is 0 Å². The Kier molecular flexibility index (Phi) is 6.16. The Morgan fingerprint density at radius 2 is 1.90 bits per heavy atom. The molecule has 1 aliphatic carbocycles. The van der Waals surface area contributed by atoms with Crippen LogP contribution in [0.3, 0.4) is 0 Å². The molecule has 0 aromatic heterocycles. The number of allylic oxidation sites excluding steroid dienone is 1. The summed E-state index contributed by atoms with van der Waals surface area (Å²) in [6.07, 6.45) is 0.528. The summed E-state index contributed by atoms with van der Waals surface area (Å²) in [4.78, 5) is 12.6. The fourth-order valence-electron chi connectivity index (χ4n) is 3.31. The van der Waals surface area contributed by atoms with Crippen molar-refractivity contribution in [2.75, 3.05) is 0 Å². The second kappa shape index (κ2) is 8.44. The molecule has 4 nitrogen and oxygen atoms in total. The van der Waals surface area contributed by atoms with Crippen LogP contribution in [0.1, 0.15) is 25.5 Å². The molecule has 0 N–H and O–H groups in total. The summed E-state index contributed by atoms with van der Waals surface area (Å²) in [5.41, 5.74) is 0.126. The number of nitrogens with zero attached hydrogens (tertiary/aromatic N) is 1. The number of carbonyl (C=O) groups is 1. The first-order chi connectivity index (χ1) is 13.7. The Balaban J connectivity index is 1.72. The molecular formula is C22H18Cl2FNO3. The number of esters is 1. The van der Waals surface area contributed by atoms with Gasteiger partial charge >= 0.3 is 5.97 Å². The molecule has 0 heterocycles. The number of hydrogen-bond acceptors (Lipinski definition) is 4. The molecule has 2 aromatic carbocycles. The van der Waals surface area contributed by atoms with Crippen LogP contribution in [0.2, 0.25) is 0 Å². The molecular weight excluding hydrogens is 416 g/mol. The third kappa shape index (κ3) is 4.90. The van der Waals surface area contributed by atoms with Crippen LogP contribution in [-0.4, -0.2) is 5.97 Å². The van der Waals surface area contributed by atoms with Gasteiger partial charge in [0.25, 0.3) is 0 Å². The van der Waals surface area contributed by atoms with Gasteiger partial charge in [-0.25, -0.2) is 4.39 Å². The average Bonchev–Trinajstić information content (AvgIpc) is 3.21. The monoisotopic (exact) mass is 433 g/mol. The molecule has 3 atom stereocenters. The lowest BCUT2D eigenvalue weighted by molar-refractivity contribution is -0.149. The Labute approximate surface area is 178 Å². The molecule has 0 saturated heterocycles. The van der Waals surface area contributed by atoms with Crippen molar-refractivity contribution in [1.29, 1.82) is 5.26 Å². The van der Waals surface area contributed by atoms with Crippen LogP contribution in [0, 0.1) is 34.4 Å². The number of rotatable bonds is 6. The summed E-state index contributed by atoms with van der Waals surface area (Å²) in [5.74, 6) is -0.540. The van der Waals surface area contributed by atoms with Crippen LogP contribution in [0.4, 0.5) is 4.39 Å². The Bertz CT molecular complexity index is 978. The minimum Gasteiger partial charge on any atom is -0.457 e. The van der Waals surface area contributed by atoms with E-state index >= 15 is 0 Å². The van der Waals surface area contributed by atoms with E-state index in [0.29, 0.717) is 17.1 Å². The quantitative estimate of drug-likeness (QED) is 0.500. The highest BCUT2D eigenvalue weighted by Crippen LogP contribution is 2.60. The van der Waals surface area contributed by atoms with Gasteiger partial charge in [0.1, 0.15) is 27.9 Å². The highest BCUT2D eigenvalue weighted by molar-refractivity contribution is 6.55. The molecule has 1 aliphatic rings. The van der Waals surface area contributed by atoms with E-state index in [-0.39, 0.29) is 21.6 Å². The van der Waals surface area contributed by atoms with Crippen LogP contribution in [0.15, 0.2) is 59.1 Å². The van der Waals surface area contributed by atoms with Gasteiger partial charge in [-0.05, 0) is 53.8 Å². The lowest BCUT2D eigenvalue weighted by Gasteiger charge is -2.13. The minimum atomic E-state index is -1.09. The standard InChI is InChI=1S/C22H18Cl2FNO3/c1-22(2)17(11-19(23)24)20(22)21(27)29-18(12-26)13-4-3-5-16(10-13)28-15-8-6-14(25)7-9-15/h3-11,17-18,20H,1-2H3/t17-,18+,20-/m0/s1. The van der Waals surface area contributed by atoms with Crippen LogP contribution in [0.25, 0.3) is 0 Å². The first-order valence-electron chi connectivity index (χ1n) is 8.88. The van der Waals surface area contributed by atoms with Crippen LogP contribution < -0.4 is 4.74 Å². The molecule has 0 bridgehead atoms. The molecule has 2 aromatic rings. The van der Waals surface area contributed by atoms with Crippen LogP contribution in [0.5, 0.6) is 11.5 Å². The third-order valence-corrected chi connectivity index (χ3v) is 5.28. The number of hydrogen-bond donors (Lipinski definition) is 0. The van der Waals surface area contributed by atoms with E-state index in [1.54, 1.807) is 30.3 Å². The highest BCUT2D eigenvalue weighted by atomic mass is 35.5. The van der Waals surface area contributed by atoms with Gasteiger partial charge in [-0.3, -0.25) is 4.79 Å². The van der Waals surface area contributed by atoms with E-state index in [4.69, 9.17) is 32.7 Å². The van der Waals surface area contributed by atoms with Crippen molar-refractivity contribution < 1.29 is 18.7 Å². The predicted octanol–water partition coefficient (Wildman–Crippen LogP) is 6.32. The molecule has 1 fully saturated rings. The fraction of sp³-hybridized carbons (Fsp3) is 0.273. The summed E-state index contributed by atoms with van der Waals surface area (Å²) >= 11 is 11.4. The lowest BCUT2D eigenvalue weighted by atomic mass is 10.1. The fourth-order valence-corrected chi connectivity index (χ4v) is 3.58. The van der Waals surface area contributed by atoms with Gasteiger partial charge in [0.05, 0.1) is 5.92 Å². The second-order valence-corrected chi connectivity index (χ2v) is 8.36. The van der Waals surface area contributed by atoms with Crippen molar-refractivity contribution in [2.45, 2.75) is 20.0 Å². The molecule has 7 heteroatoms. The predicted molar refractivity (Wildman–Crippen MR) is 108 cm³/mol. The minimum absolute atomic E-state index is 0.0980. The average molecular weight is 434 g/mol. The maximum absolute atomic E-state index is 13.0. The normalized spacial score (nSPS) is 20.1. The smallest absolute Gasteiger partial charge is 0.311 e. The largest absolute Gasteiger partial charge is 0.457 e. The first-order valence-corrected chi connectivity index (χ1v) is 9.64. The number of benzene rings is 2. The zero-order valence-electron chi connectivity index (χ0n) is 15.7. The zero-order chi connectivity index (χ0) is 21.2. The maximum atomic E-state index is 13.0. The maximum Gasteiger partial charge on any atom is 0.311 e. The highest BCUT2D eigenvalue weighted by Gasteiger charge is 2.62. The van der Waals surface area contributed by atoms with E-state index in [1.165, 1.54) is 24.3 Å². The van der Waals surface area contributed by atoms with Gasteiger partial charge in [0, 0.05) is 5.56 Å². The molecule has 0 radical (unpaired) electrons. The van der Waals surface area contributed by atoms with Gasteiger partial charge in [-0.2, -0.15) is 5.26 Å². The Morgan fingerprint density at radius 1 is 1.21 bits per heavy atom. The van der Waals surface area contributed by atoms with Crippen molar-refractivity contribution in [1.82, 2.24) is 0 Å². The van der Waals surface area contributed by atoms with Gasteiger partial charge in [0.15, 0.2) is 0 Å². The van der Waals surface area contributed by atoms with Crippen molar-refractivity contribution in [3.05, 3.63) is 70.5 Å². The van der Waals surface area contributed by atoms with Crippen molar-refractivity contribution >= 4 is 29.2 Å². The van der Waals surface area contributed by atoms with Gasteiger partial charge in [0.2, 0.25) is 6.10 Å². The Morgan fingerprint density at radius 3 is 2.52 bits per heavy atom. The summed E-state index contributed by atoms with van der Waals surface area (Å²) < 4.78 is 24.3.